The van der Waals surface area contributed by atoms with E-state index in [4.69, 9.17) is 9.47 Å². The van der Waals surface area contributed by atoms with Crippen LogP contribution in [0.1, 0.15) is 38.0 Å². The first kappa shape index (κ1) is 28.5. The van der Waals surface area contributed by atoms with E-state index >= 15 is 0 Å². The molecule has 2 aromatic rings. The third-order valence-corrected chi connectivity index (χ3v) is 4.47. The van der Waals surface area contributed by atoms with Gasteiger partial charge < -0.3 is 30.5 Å². The SMILES string of the molecule is CCNC(=NCC(=O)NCc1ccc(OC)cc1)NCC(O)c1ccc(OC(C)C)cc1.I. The van der Waals surface area contributed by atoms with Crippen LogP contribution in [0.4, 0.5) is 0 Å². The Hall–Kier alpha value is -2.53. The van der Waals surface area contributed by atoms with E-state index in [1.54, 1.807) is 7.11 Å². The number of amides is 1. The van der Waals surface area contributed by atoms with Gasteiger partial charge in [0.25, 0.3) is 0 Å². The average Bonchev–Trinajstić information content (AvgIpc) is 2.79. The summed E-state index contributed by atoms with van der Waals surface area (Å²) in [6.07, 6.45) is -0.629. The molecular formula is C24H35IN4O4. The van der Waals surface area contributed by atoms with Crippen molar-refractivity contribution in [1.29, 1.82) is 0 Å². The molecule has 4 N–H and O–H groups in total. The zero-order valence-electron chi connectivity index (χ0n) is 19.6. The Bertz CT molecular complexity index is 858. The second-order valence-electron chi connectivity index (χ2n) is 7.45. The monoisotopic (exact) mass is 570 g/mol. The number of ether oxygens (including phenoxy) is 2. The molecule has 182 valence electrons. The highest BCUT2D eigenvalue weighted by Gasteiger charge is 2.10. The van der Waals surface area contributed by atoms with Crippen molar-refractivity contribution in [2.75, 3.05) is 26.7 Å². The zero-order valence-corrected chi connectivity index (χ0v) is 22.0. The zero-order chi connectivity index (χ0) is 23.3. The van der Waals surface area contributed by atoms with Gasteiger partial charge in [0, 0.05) is 19.6 Å². The Morgan fingerprint density at radius 2 is 1.64 bits per heavy atom. The smallest absolute Gasteiger partial charge is 0.242 e. The number of aliphatic imine (C=N–C) groups is 1. The number of hydrogen-bond donors (Lipinski definition) is 4. The summed E-state index contributed by atoms with van der Waals surface area (Å²) >= 11 is 0. The molecule has 0 heterocycles. The third kappa shape index (κ3) is 10.8. The predicted molar refractivity (Wildman–Crippen MR) is 141 cm³/mol. The van der Waals surface area contributed by atoms with E-state index in [-0.39, 0.29) is 49.1 Å². The molecule has 0 aromatic heterocycles. The first-order valence-corrected chi connectivity index (χ1v) is 10.8. The summed E-state index contributed by atoms with van der Waals surface area (Å²) in [4.78, 5) is 16.5. The quantitative estimate of drug-likeness (QED) is 0.188. The summed E-state index contributed by atoms with van der Waals surface area (Å²) in [6, 6.07) is 14.8. The minimum absolute atomic E-state index is 0. The summed E-state index contributed by atoms with van der Waals surface area (Å²) in [6.45, 7) is 7.15. The number of carbonyl (C=O) groups excluding carboxylic acids is 1. The predicted octanol–water partition coefficient (Wildman–Crippen LogP) is 3.01. The maximum atomic E-state index is 12.2. The van der Waals surface area contributed by atoms with Crippen LogP contribution in [-0.4, -0.2) is 49.8 Å². The summed E-state index contributed by atoms with van der Waals surface area (Å²) in [5.74, 6) is 1.80. The maximum absolute atomic E-state index is 12.2. The highest BCUT2D eigenvalue weighted by Crippen LogP contribution is 2.18. The lowest BCUT2D eigenvalue weighted by atomic mass is 10.1. The number of rotatable bonds is 11. The summed E-state index contributed by atoms with van der Waals surface area (Å²) in [5, 5.41) is 19.4. The van der Waals surface area contributed by atoms with Gasteiger partial charge in [0.2, 0.25) is 5.91 Å². The highest BCUT2D eigenvalue weighted by atomic mass is 127. The lowest BCUT2D eigenvalue weighted by molar-refractivity contribution is -0.119. The molecule has 9 heteroatoms. The molecule has 0 aliphatic carbocycles. The number of methoxy groups -OCH3 is 1. The lowest BCUT2D eigenvalue weighted by Gasteiger charge is -2.16. The molecule has 0 saturated carbocycles. The van der Waals surface area contributed by atoms with Crippen molar-refractivity contribution in [3.05, 3.63) is 59.7 Å². The second-order valence-corrected chi connectivity index (χ2v) is 7.45. The number of halogens is 1. The largest absolute Gasteiger partial charge is 0.497 e. The molecule has 8 nitrogen and oxygen atoms in total. The van der Waals surface area contributed by atoms with Crippen molar-refractivity contribution >= 4 is 35.8 Å². The number of benzene rings is 2. The van der Waals surface area contributed by atoms with E-state index in [1.165, 1.54) is 0 Å². The molecular weight excluding hydrogens is 535 g/mol. The molecule has 33 heavy (non-hydrogen) atoms. The normalized spacial score (nSPS) is 11.9. The van der Waals surface area contributed by atoms with Crippen LogP contribution in [0.25, 0.3) is 0 Å². The third-order valence-electron chi connectivity index (χ3n) is 4.47. The molecule has 2 rings (SSSR count). The minimum Gasteiger partial charge on any atom is -0.497 e. The van der Waals surface area contributed by atoms with Gasteiger partial charge in [-0.25, -0.2) is 4.99 Å². The van der Waals surface area contributed by atoms with Crippen LogP contribution in [-0.2, 0) is 11.3 Å². The van der Waals surface area contributed by atoms with Crippen molar-refractivity contribution in [2.45, 2.75) is 39.5 Å². The fraction of sp³-hybridized carbons (Fsp3) is 0.417. The number of aliphatic hydroxyl groups excluding tert-OH is 1. The van der Waals surface area contributed by atoms with Crippen LogP contribution < -0.4 is 25.4 Å². The van der Waals surface area contributed by atoms with Gasteiger partial charge in [-0.3, -0.25) is 4.79 Å². The van der Waals surface area contributed by atoms with Gasteiger partial charge in [-0.15, -0.1) is 24.0 Å². The molecule has 1 atom stereocenters. The van der Waals surface area contributed by atoms with Crippen LogP contribution >= 0.6 is 24.0 Å². The Kier molecular flexibility index (Phi) is 13.2. The highest BCUT2D eigenvalue weighted by molar-refractivity contribution is 14.0. The van der Waals surface area contributed by atoms with Crippen LogP contribution in [0, 0.1) is 0 Å². The van der Waals surface area contributed by atoms with E-state index in [0.29, 0.717) is 19.0 Å². The number of hydrogen-bond acceptors (Lipinski definition) is 5. The minimum atomic E-state index is -0.726. The van der Waals surface area contributed by atoms with Crippen molar-refractivity contribution in [2.24, 2.45) is 4.99 Å². The number of nitrogens with one attached hydrogen (secondary N) is 3. The van der Waals surface area contributed by atoms with Gasteiger partial charge in [0.15, 0.2) is 5.96 Å². The van der Waals surface area contributed by atoms with E-state index in [9.17, 15) is 9.90 Å². The summed E-state index contributed by atoms with van der Waals surface area (Å²) in [5.41, 5.74) is 1.74. The molecule has 1 amide bonds. The summed E-state index contributed by atoms with van der Waals surface area (Å²) < 4.78 is 10.7. The van der Waals surface area contributed by atoms with Gasteiger partial charge >= 0.3 is 0 Å². The average molecular weight is 570 g/mol. The molecule has 0 aliphatic rings. The van der Waals surface area contributed by atoms with E-state index in [2.05, 4.69) is 20.9 Å². The molecule has 0 radical (unpaired) electrons. The van der Waals surface area contributed by atoms with Gasteiger partial charge in [-0.1, -0.05) is 24.3 Å². The molecule has 1 unspecified atom stereocenters. The molecule has 0 bridgehead atoms. The lowest BCUT2D eigenvalue weighted by Crippen LogP contribution is -2.40. The van der Waals surface area contributed by atoms with E-state index in [0.717, 1.165) is 22.6 Å². The fourth-order valence-electron chi connectivity index (χ4n) is 2.84. The molecule has 2 aromatic carbocycles. The summed E-state index contributed by atoms with van der Waals surface area (Å²) in [7, 11) is 1.61. The standard InChI is InChI=1S/C24H34N4O4.HI/c1-5-25-24(27-15-22(29)19-8-12-21(13-9-19)32-17(2)3)28-16-23(30)26-14-18-6-10-20(31-4)11-7-18;/h6-13,17,22,29H,5,14-16H2,1-4H3,(H,26,30)(H2,25,27,28);1H. The number of guanidine groups is 1. The Labute approximate surface area is 213 Å². The van der Waals surface area contributed by atoms with Crippen molar-refractivity contribution < 1.29 is 19.4 Å². The topological polar surface area (TPSA) is 104 Å². The van der Waals surface area contributed by atoms with Crippen LogP contribution in [0.2, 0.25) is 0 Å². The fourth-order valence-corrected chi connectivity index (χ4v) is 2.84. The number of nitrogens with zero attached hydrogens (tertiary/aromatic N) is 1. The Balaban J connectivity index is 0.00000544. The van der Waals surface area contributed by atoms with E-state index < -0.39 is 6.10 Å². The first-order chi connectivity index (χ1) is 15.4. The molecule has 0 spiro atoms. The molecule has 0 fully saturated rings. The Morgan fingerprint density at radius 1 is 1.00 bits per heavy atom. The maximum Gasteiger partial charge on any atom is 0.242 e. The second kappa shape index (κ2) is 15.3. The van der Waals surface area contributed by atoms with Gasteiger partial charge in [-0.05, 0) is 56.2 Å². The Morgan fingerprint density at radius 3 is 2.21 bits per heavy atom. The van der Waals surface area contributed by atoms with Crippen LogP contribution in [0.5, 0.6) is 11.5 Å². The molecule has 0 saturated heterocycles. The van der Waals surface area contributed by atoms with Crippen LogP contribution in [0.3, 0.4) is 0 Å². The first-order valence-electron chi connectivity index (χ1n) is 10.8. The van der Waals surface area contributed by atoms with Crippen molar-refractivity contribution in [3.8, 4) is 11.5 Å². The number of aliphatic hydroxyl groups is 1. The van der Waals surface area contributed by atoms with Crippen molar-refractivity contribution in [1.82, 2.24) is 16.0 Å². The van der Waals surface area contributed by atoms with Gasteiger partial charge in [-0.2, -0.15) is 0 Å². The van der Waals surface area contributed by atoms with Crippen LogP contribution in [0.15, 0.2) is 53.5 Å². The molecule has 0 aliphatic heterocycles. The van der Waals surface area contributed by atoms with Gasteiger partial charge in [0.1, 0.15) is 18.0 Å². The number of carbonyl (C=O) groups is 1. The van der Waals surface area contributed by atoms with Crippen molar-refractivity contribution in [3.63, 3.8) is 0 Å². The van der Waals surface area contributed by atoms with E-state index in [1.807, 2.05) is 69.3 Å². The van der Waals surface area contributed by atoms with Gasteiger partial charge in [0.05, 0.1) is 19.3 Å².